The summed E-state index contributed by atoms with van der Waals surface area (Å²) in [6, 6.07) is 10.5. The number of rotatable bonds is 6. The summed E-state index contributed by atoms with van der Waals surface area (Å²) >= 11 is 0. The van der Waals surface area contributed by atoms with E-state index < -0.39 is 5.82 Å². The number of hydrogen-bond acceptors (Lipinski definition) is 4. The smallest absolute Gasteiger partial charge is 0.216 e. The van der Waals surface area contributed by atoms with Crippen molar-refractivity contribution in [1.82, 2.24) is 10.3 Å². The molecule has 0 unspecified atom stereocenters. The third-order valence-electron chi connectivity index (χ3n) is 4.41. The van der Waals surface area contributed by atoms with Gasteiger partial charge in [0.25, 0.3) is 0 Å². The van der Waals surface area contributed by atoms with Crippen LogP contribution >= 0.6 is 0 Å². The molecule has 5 nitrogen and oxygen atoms in total. The normalized spacial score (nSPS) is 10.8. The molecule has 3 aromatic rings. The molecule has 0 radical (unpaired) electrons. The zero-order valence-corrected chi connectivity index (χ0v) is 15.3. The number of hydrogen-bond donors (Lipinski definition) is 3. The highest BCUT2D eigenvalue weighted by Gasteiger charge is 2.12. The molecule has 0 saturated heterocycles. The minimum Gasteiger partial charge on any atom is -0.505 e. The summed E-state index contributed by atoms with van der Waals surface area (Å²) in [6.45, 7) is 4.60. The lowest BCUT2D eigenvalue weighted by molar-refractivity contribution is -0.118. The van der Waals surface area contributed by atoms with Crippen LogP contribution in [-0.2, 0) is 11.2 Å². The van der Waals surface area contributed by atoms with Gasteiger partial charge in [-0.3, -0.25) is 4.79 Å². The van der Waals surface area contributed by atoms with Crippen LogP contribution in [0.3, 0.4) is 0 Å². The lowest BCUT2D eigenvalue weighted by atomic mass is 9.98. The molecule has 0 bridgehead atoms. The average Bonchev–Trinajstić information content (AvgIpc) is 2.66. The molecule has 1 amide bonds. The minimum atomic E-state index is -0.664. The fourth-order valence-electron chi connectivity index (χ4n) is 2.98. The maximum absolute atomic E-state index is 13.8. The molecule has 2 aromatic carbocycles. The zero-order chi connectivity index (χ0) is 19.4. The van der Waals surface area contributed by atoms with Gasteiger partial charge in [0.05, 0.1) is 0 Å². The van der Waals surface area contributed by atoms with E-state index >= 15 is 0 Å². The van der Waals surface area contributed by atoms with E-state index in [-0.39, 0.29) is 11.7 Å². The Morgan fingerprint density at radius 3 is 2.67 bits per heavy atom. The zero-order valence-electron chi connectivity index (χ0n) is 15.3. The molecule has 3 rings (SSSR count). The standard InChI is InChI=1S/C21H22FN3O2/c1-3-14-4-6-16-17(10-14)21(24-9-8-23-13(2)26)25-12-18(16)15-5-7-20(27)19(22)11-15/h4-7,10-12,27H,3,8-9H2,1-2H3,(H,23,26)(H,24,25). The molecule has 1 aromatic heterocycles. The number of pyridine rings is 1. The molecule has 0 spiro atoms. The fourth-order valence-corrected chi connectivity index (χ4v) is 2.98. The average molecular weight is 367 g/mol. The van der Waals surface area contributed by atoms with Gasteiger partial charge in [-0.25, -0.2) is 9.37 Å². The first-order valence-electron chi connectivity index (χ1n) is 8.88. The predicted octanol–water partition coefficient (Wildman–Crippen LogP) is 3.86. The van der Waals surface area contributed by atoms with Crippen LogP contribution in [0.2, 0.25) is 0 Å². The van der Waals surface area contributed by atoms with Crippen LogP contribution in [0.5, 0.6) is 5.75 Å². The van der Waals surface area contributed by atoms with Gasteiger partial charge in [0.1, 0.15) is 5.82 Å². The Hall–Kier alpha value is -3.15. The van der Waals surface area contributed by atoms with Crippen molar-refractivity contribution in [1.29, 1.82) is 0 Å². The van der Waals surface area contributed by atoms with E-state index in [0.29, 0.717) is 24.5 Å². The summed E-state index contributed by atoms with van der Waals surface area (Å²) in [5.74, 6) is -0.398. The molecule has 6 heteroatoms. The number of carbonyl (C=O) groups excluding carboxylic acids is 1. The summed E-state index contributed by atoms with van der Waals surface area (Å²) in [6.07, 6.45) is 2.58. The van der Waals surface area contributed by atoms with E-state index in [1.54, 1.807) is 12.3 Å². The lowest BCUT2D eigenvalue weighted by Gasteiger charge is -2.14. The van der Waals surface area contributed by atoms with Crippen LogP contribution in [-0.4, -0.2) is 29.1 Å². The van der Waals surface area contributed by atoms with Crippen molar-refractivity contribution < 1.29 is 14.3 Å². The van der Waals surface area contributed by atoms with E-state index in [0.717, 1.165) is 22.8 Å². The number of nitrogens with one attached hydrogen (secondary N) is 2. The molecule has 140 valence electrons. The SMILES string of the molecule is CCc1ccc2c(-c3ccc(O)c(F)c3)cnc(NCCNC(C)=O)c2c1. The first kappa shape index (κ1) is 18.6. The molecule has 0 fully saturated rings. The van der Waals surface area contributed by atoms with Crippen LogP contribution in [0.1, 0.15) is 19.4 Å². The Morgan fingerprint density at radius 2 is 1.96 bits per heavy atom. The van der Waals surface area contributed by atoms with Gasteiger partial charge in [0.15, 0.2) is 11.6 Å². The van der Waals surface area contributed by atoms with Gasteiger partial charge in [-0.1, -0.05) is 25.1 Å². The van der Waals surface area contributed by atoms with E-state index in [2.05, 4.69) is 28.6 Å². The molecule has 0 saturated carbocycles. The third kappa shape index (κ3) is 4.16. The van der Waals surface area contributed by atoms with Crippen LogP contribution in [0.25, 0.3) is 21.9 Å². The first-order valence-corrected chi connectivity index (χ1v) is 8.88. The van der Waals surface area contributed by atoms with Crippen LogP contribution in [0.15, 0.2) is 42.6 Å². The molecular weight excluding hydrogens is 345 g/mol. The van der Waals surface area contributed by atoms with Gasteiger partial charge in [0, 0.05) is 37.2 Å². The van der Waals surface area contributed by atoms with Gasteiger partial charge < -0.3 is 15.7 Å². The van der Waals surface area contributed by atoms with Crippen LogP contribution in [0, 0.1) is 5.82 Å². The minimum absolute atomic E-state index is 0.0763. The van der Waals surface area contributed by atoms with Crippen LogP contribution < -0.4 is 10.6 Å². The Kier molecular flexibility index (Phi) is 5.54. The van der Waals surface area contributed by atoms with Gasteiger partial charge >= 0.3 is 0 Å². The highest BCUT2D eigenvalue weighted by Crippen LogP contribution is 2.34. The van der Waals surface area contributed by atoms with Crippen molar-refractivity contribution in [2.24, 2.45) is 0 Å². The molecular formula is C21H22FN3O2. The Bertz CT molecular complexity index is 989. The van der Waals surface area contributed by atoms with Gasteiger partial charge in [0.2, 0.25) is 5.91 Å². The van der Waals surface area contributed by atoms with Crippen molar-refractivity contribution in [2.75, 3.05) is 18.4 Å². The maximum atomic E-state index is 13.8. The summed E-state index contributed by atoms with van der Waals surface area (Å²) < 4.78 is 13.8. The third-order valence-corrected chi connectivity index (χ3v) is 4.41. The van der Waals surface area contributed by atoms with Crippen molar-refractivity contribution in [2.45, 2.75) is 20.3 Å². The van der Waals surface area contributed by atoms with Gasteiger partial charge in [-0.05, 0) is 41.1 Å². The van der Waals surface area contributed by atoms with Crippen molar-refractivity contribution in [3.63, 3.8) is 0 Å². The Labute approximate surface area is 157 Å². The van der Waals surface area contributed by atoms with Crippen molar-refractivity contribution in [3.05, 3.63) is 54.0 Å². The van der Waals surface area contributed by atoms with E-state index in [9.17, 15) is 14.3 Å². The Morgan fingerprint density at radius 1 is 1.15 bits per heavy atom. The van der Waals surface area contributed by atoms with E-state index in [1.807, 2.05) is 12.1 Å². The molecule has 0 atom stereocenters. The quantitative estimate of drug-likeness (QED) is 0.579. The number of fused-ring (bicyclic) bond motifs is 1. The monoisotopic (exact) mass is 367 g/mol. The number of phenolic OH excluding ortho intramolecular Hbond substituents is 1. The molecule has 0 aliphatic carbocycles. The maximum Gasteiger partial charge on any atom is 0.216 e. The van der Waals surface area contributed by atoms with Gasteiger partial charge in [-0.2, -0.15) is 0 Å². The Balaban J connectivity index is 2.02. The second-order valence-electron chi connectivity index (χ2n) is 6.33. The number of aromatic nitrogens is 1. The predicted molar refractivity (Wildman–Crippen MR) is 105 cm³/mol. The number of anilines is 1. The highest BCUT2D eigenvalue weighted by molar-refractivity contribution is 6.02. The number of nitrogens with zero attached hydrogens (tertiary/aromatic N) is 1. The molecule has 1 heterocycles. The van der Waals surface area contributed by atoms with Crippen molar-refractivity contribution in [3.8, 4) is 16.9 Å². The second-order valence-corrected chi connectivity index (χ2v) is 6.33. The molecule has 3 N–H and O–H groups in total. The summed E-state index contributed by atoms with van der Waals surface area (Å²) in [4.78, 5) is 15.5. The number of carbonyl (C=O) groups is 1. The number of amides is 1. The summed E-state index contributed by atoms with van der Waals surface area (Å²) in [5, 5.41) is 17.3. The van der Waals surface area contributed by atoms with Gasteiger partial charge in [-0.15, -0.1) is 0 Å². The number of benzene rings is 2. The topological polar surface area (TPSA) is 74.2 Å². The molecule has 0 aliphatic rings. The van der Waals surface area contributed by atoms with Crippen LogP contribution in [0.4, 0.5) is 10.2 Å². The van der Waals surface area contributed by atoms with Crippen molar-refractivity contribution >= 4 is 22.5 Å². The largest absolute Gasteiger partial charge is 0.505 e. The lowest BCUT2D eigenvalue weighted by Crippen LogP contribution is -2.26. The molecule has 27 heavy (non-hydrogen) atoms. The highest BCUT2D eigenvalue weighted by atomic mass is 19.1. The number of phenols is 1. The van der Waals surface area contributed by atoms with E-state index in [1.165, 1.54) is 24.6 Å². The number of aromatic hydroxyl groups is 1. The molecule has 0 aliphatic heterocycles. The number of halogens is 1. The van der Waals surface area contributed by atoms with E-state index in [4.69, 9.17) is 0 Å². The second kappa shape index (κ2) is 8.03. The number of aryl methyl sites for hydroxylation is 1. The summed E-state index contributed by atoms with van der Waals surface area (Å²) in [7, 11) is 0. The summed E-state index contributed by atoms with van der Waals surface area (Å²) in [5.41, 5.74) is 2.61. The fraction of sp³-hybridized carbons (Fsp3) is 0.238. The first-order chi connectivity index (χ1) is 13.0.